The minimum atomic E-state index is -4.42. The van der Waals surface area contributed by atoms with E-state index in [9.17, 15) is 18.0 Å². The zero-order chi connectivity index (χ0) is 23.3. The van der Waals surface area contributed by atoms with Crippen LogP contribution in [0.25, 0.3) is 0 Å². The van der Waals surface area contributed by atoms with Gasteiger partial charge in [0.1, 0.15) is 5.82 Å². The largest absolute Gasteiger partial charge is 0.493 e. The van der Waals surface area contributed by atoms with Crippen molar-refractivity contribution < 1.29 is 27.4 Å². The Kier molecular flexibility index (Phi) is 7.71. The van der Waals surface area contributed by atoms with Crippen molar-refractivity contribution in [3.63, 3.8) is 0 Å². The minimum absolute atomic E-state index is 0.200. The van der Waals surface area contributed by atoms with Crippen LogP contribution in [0.2, 0.25) is 5.02 Å². The average Bonchev–Trinajstić information content (AvgIpc) is 3.03. The number of methoxy groups -OCH3 is 1. The molecule has 6 nitrogen and oxygen atoms in total. The number of carbonyl (C=O) groups excluding carboxylic acids is 1. The van der Waals surface area contributed by atoms with Gasteiger partial charge < -0.3 is 19.3 Å². The van der Waals surface area contributed by atoms with Gasteiger partial charge in [-0.3, -0.25) is 4.79 Å². The Morgan fingerprint density at radius 3 is 2.59 bits per heavy atom. The lowest BCUT2D eigenvalue weighted by atomic mass is 10.1. The second-order valence-electron chi connectivity index (χ2n) is 7.37. The maximum absolute atomic E-state index is 13.1. The maximum Gasteiger partial charge on any atom is 0.417 e. The number of aromatic nitrogens is 1. The SMILES string of the molecule is CCCOc1c(Cl)cc(C(=O)N2CCCN(c3ccc(C(F)(F)F)cn3)CC2)cc1OC. The van der Waals surface area contributed by atoms with Crippen LogP contribution in [0.5, 0.6) is 11.5 Å². The first-order valence-corrected chi connectivity index (χ1v) is 10.7. The number of ether oxygens (including phenoxy) is 2. The molecule has 0 saturated carbocycles. The Bertz CT molecular complexity index is 938. The molecular formula is C22H25ClF3N3O3. The number of nitrogens with zero attached hydrogens (tertiary/aromatic N) is 3. The first kappa shape index (κ1) is 24.0. The molecule has 1 aromatic heterocycles. The van der Waals surface area contributed by atoms with Crippen molar-refractivity contribution in [2.75, 3.05) is 44.8 Å². The lowest BCUT2D eigenvalue weighted by molar-refractivity contribution is -0.137. The highest BCUT2D eigenvalue weighted by atomic mass is 35.5. The quantitative estimate of drug-likeness (QED) is 0.599. The molecule has 1 aliphatic rings. The first-order valence-electron chi connectivity index (χ1n) is 10.3. The second-order valence-corrected chi connectivity index (χ2v) is 7.78. The van der Waals surface area contributed by atoms with Gasteiger partial charge in [0.2, 0.25) is 0 Å². The summed E-state index contributed by atoms with van der Waals surface area (Å²) in [4.78, 5) is 20.6. The van der Waals surface area contributed by atoms with Crippen molar-refractivity contribution in [3.05, 3.63) is 46.6 Å². The highest BCUT2D eigenvalue weighted by Crippen LogP contribution is 2.37. The van der Waals surface area contributed by atoms with E-state index in [0.29, 0.717) is 67.1 Å². The molecule has 1 saturated heterocycles. The molecular weight excluding hydrogens is 447 g/mol. The third-order valence-electron chi connectivity index (χ3n) is 5.11. The Balaban J connectivity index is 1.71. The van der Waals surface area contributed by atoms with Crippen LogP contribution in [0.3, 0.4) is 0 Å². The van der Waals surface area contributed by atoms with Gasteiger partial charge in [0.15, 0.2) is 11.5 Å². The van der Waals surface area contributed by atoms with Gasteiger partial charge >= 0.3 is 6.18 Å². The van der Waals surface area contributed by atoms with Gasteiger partial charge in [-0.05, 0) is 37.1 Å². The van der Waals surface area contributed by atoms with Crippen molar-refractivity contribution in [2.45, 2.75) is 25.9 Å². The van der Waals surface area contributed by atoms with Crippen molar-refractivity contribution >= 4 is 23.3 Å². The van der Waals surface area contributed by atoms with E-state index in [1.165, 1.54) is 13.2 Å². The van der Waals surface area contributed by atoms with E-state index >= 15 is 0 Å². The van der Waals surface area contributed by atoms with Crippen LogP contribution in [-0.2, 0) is 6.18 Å². The molecule has 3 rings (SSSR count). The summed E-state index contributed by atoms with van der Waals surface area (Å²) in [6.45, 7) is 4.38. The summed E-state index contributed by atoms with van der Waals surface area (Å²) in [7, 11) is 1.49. The first-order chi connectivity index (χ1) is 15.2. The van der Waals surface area contributed by atoms with Gasteiger partial charge in [0.25, 0.3) is 5.91 Å². The van der Waals surface area contributed by atoms with E-state index in [2.05, 4.69) is 4.98 Å². The lowest BCUT2D eigenvalue weighted by Crippen LogP contribution is -2.35. The van der Waals surface area contributed by atoms with Crippen LogP contribution in [0.4, 0.5) is 19.0 Å². The highest BCUT2D eigenvalue weighted by molar-refractivity contribution is 6.32. The Morgan fingerprint density at radius 2 is 1.97 bits per heavy atom. The molecule has 32 heavy (non-hydrogen) atoms. The van der Waals surface area contributed by atoms with E-state index in [-0.39, 0.29) is 5.91 Å². The molecule has 2 aromatic rings. The zero-order valence-corrected chi connectivity index (χ0v) is 18.7. The molecule has 0 atom stereocenters. The second kappa shape index (κ2) is 10.3. The van der Waals surface area contributed by atoms with E-state index < -0.39 is 11.7 Å². The van der Waals surface area contributed by atoms with Crippen LogP contribution in [0.1, 0.15) is 35.7 Å². The highest BCUT2D eigenvalue weighted by Gasteiger charge is 2.31. The van der Waals surface area contributed by atoms with Crippen molar-refractivity contribution in [1.29, 1.82) is 0 Å². The van der Waals surface area contributed by atoms with E-state index in [0.717, 1.165) is 18.7 Å². The number of carbonyl (C=O) groups is 1. The maximum atomic E-state index is 13.1. The molecule has 1 amide bonds. The molecule has 0 radical (unpaired) electrons. The number of amides is 1. The predicted octanol–water partition coefficient (Wildman–Crippen LogP) is 4.90. The van der Waals surface area contributed by atoms with Crippen molar-refractivity contribution in [3.8, 4) is 11.5 Å². The molecule has 0 aliphatic carbocycles. The normalized spacial score (nSPS) is 14.8. The van der Waals surface area contributed by atoms with E-state index in [4.69, 9.17) is 21.1 Å². The summed E-state index contributed by atoms with van der Waals surface area (Å²) in [5.74, 6) is 1.05. The Hall–Kier alpha value is -2.68. The summed E-state index contributed by atoms with van der Waals surface area (Å²) in [6, 6.07) is 5.56. The minimum Gasteiger partial charge on any atom is -0.493 e. The molecule has 1 aliphatic heterocycles. The van der Waals surface area contributed by atoms with Crippen LogP contribution in [0, 0.1) is 0 Å². The Morgan fingerprint density at radius 1 is 1.19 bits per heavy atom. The van der Waals surface area contributed by atoms with Crippen molar-refractivity contribution in [1.82, 2.24) is 9.88 Å². The number of hydrogen-bond acceptors (Lipinski definition) is 5. The number of hydrogen-bond donors (Lipinski definition) is 0. The molecule has 0 spiro atoms. The van der Waals surface area contributed by atoms with Crippen LogP contribution in [-0.4, -0.2) is 55.7 Å². The third-order valence-corrected chi connectivity index (χ3v) is 5.39. The van der Waals surface area contributed by atoms with Gasteiger partial charge in [0, 0.05) is 37.9 Å². The topological polar surface area (TPSA) is 54.9 Å². The number of benzene rings is 1. The van der Waals surface area contributed by atoms with Gasteiger partial charge in [-0.1, -0.05) is 18.5 Å². The number of pyridine rings is 1. The van der Waals surface area contributed by atoms with Gasteiger partial charge in [0.05, 0.1) is 24.3 Å². The van der Waals surface area contributed by atoms with Crippen molar-refractivity contribution in [2.24, 2.45) is 0 Å². The standard InChI is InChI=1S/C22H25ClF3N3O3/c1-3-11-32-20-17(23)12-15(13-18(20)31-2)21(30)29-8-4-7-28(9-10-29)19-6-5-16(14-27-19)22(24,25)26/h5-6,12-14H,3-4,7-11H2,1-2H3. The average molecular weight is 472 g/mol. The third kappa shape index (κ3) is 5.56. The molecule has 1 aromatic carbocycles. The number of halogens is 4. The molecule has 174 valence electrons. The molecule has 2 heterocycles. The molecule has 0 bridgehead atoms. The molecule has 0 N–H and O–H groups in total. The van der Waals surface area contributed by atoms with E-state index in [1.807, 2.05) is 11.8 Å². The molecule has 10 heteroatoms. The van der Waals surface area contributed by atoms with Crippen LogP contribution < -0.4 is 14.4 Å². The van der Waals surface area contributed by atoms with Gasteiger partial charge in [-0.15, -0.1) is 0 Å². The fraction of sp³-hybridized carbons (Fsp3) is 0.455. The number of rotatable bonds is 6. The fourth-order valence-corrected chi connectivity index (χ4v) is 3.73. The number of alkyl halides is 3. The molecule has 0 unspecified atom stereocenters. The Labute approximate surface area is 189 Å². The summed E-state index contributed by atoms with van der Waals surface area (Å²) in [5.41, 5.74) is -0.401. The predicted molar refractivity (Wildman–Crippen MR) is 116 cm³/mol. The van der Waals surface area contributed by atoms with Gasteiger partial charge in [-0.2, -0.15) is 13.2 Å². The van der Waals surface area contributed by atoms with E-state index in [1.54, 1.807) is 17.0 Å². The van der Waals surface area contributed by atoms with Crippen LogP contribution in [0.15, 0.2) is 30.5 Å². The molecule has 1 fully saturated rings. The van der Waals surface area contributed by atoms with Crippen LogP contribution >= 0.6 is 11.6 Å². The van der Waals surface area contributed by atoms with Gasteiger partial charge in [-0.25, -0.2) is 4.98 Å². The monoisotopic (exact) mass is 471 g/mol. The number of anilines is 1. The smallest absolute Gasteiger partial charge is 0.417 e. The summed E-state index contributed by atoms with van der Waals surface area (Å²) in [6.07, 6.45) is -2.14. The zero-order valence-electron chi connectivity index (χ0n) is 17.9. The summed E-state index contributed by atoms with van der Waals surface area (Å²) >= 11 is 6.34. The lowest BCUT2D eigenvalue weighted by Gasteiger charge is -2.23. The fourth-order valence-electron chi connectivity index (χ4n) is 3.46. The summed E-state index contributed by atoms with van der Waals surface area (Å²) in [5, 5.41) is 0.298. The summed E-state index contributed by atoms with van der Waals surface area (Å²) < 4.78 is 49.3.